The summed E-state index contributed by atoms with van der Waals surface area (Å²) in [6.07, 6.45) is 9.68. The third-order valence-electron chi connectivity index (χ3n) is 2.19. The van der Waals surface area contributed by atoms with E-state index in [1.807, 2.05) is 0 Å². The van der Waals surface area contributed by atoms with Crippen molar-refractivity contribution in [3.05, 3.63) is 12.2 Å². The van der Waals surface area contributed by atoms with Gasteiger partial charge in [-0.05, 0) is 24.7 Å². The summed E-state index contributed by atoms with van der Waals surface area (Å²) in [6, 6.07) is 0. The van der Waals surface area contributed by atoms with Crippen molar-refractivity contribution in [2.45, 2.75) is 32.6 Å². The van der Waals surface area contributed by atoms with Gasteiger partial charge < -0.3 is 4.79 Å². The number of allylic oxidation sites excluding steroid dienone is 2. The van der Waals surface area contributed by atoms with Crippen molar-refractivity contribution < 1.29 is 4.79 Å². The van der Waals surface area contributed by atoms with E-state index in [1.54, 1.807) is 0 Å². The van der Waals surface area contributed by atoms with E-state index >= 15 is 0 Å². The highest BCUT2D eigenvalue weighted by atomic mass is 16.1. The molecule has 0 fully saturated rings. The van der Waals surface area contributed by atoms with Crippen molar-refractivity contribution in [2.75, 3.05) is 0 Å². The van der Waals surface area contributed by atoms with Crippen LogP contribution in [0.5, 0.6) is 0 Å². The third-order valence-corrected chi connectivity index (χ3v) is 2.19. The minimum absolute atomic E-state index is 0.181. The standard InChI is InChI=1S/C9H14O/c1-9(7-8-10)5-3-2-4-6-9/h3,5,8H,2,4,6-7H2,1H3. The van der Waals surface area contributed by atoms with Crippen molar-refractivity contribution in [1.82, 2.24) is 0 Å². The number of carbonyl (C=O) groups is 1. The zero-order valence-electron chi connectivity index (χ0n) is 6.47. The Balaban J connectivity index is 2.56. The zero-order chi connectivity index (χ0) is 7.45. The largest absolute Gasteiger partial charge is 0.303 e. The average molecular weight is 138 g/mol. The van der Waals surface area contributed by atoms with Crippen LogP contribution in [0, 0.1) is 5.41 Å². The molecule has 56 valence electrons. The molecule has 0 aromatic carbocycles. The van der Waals surface area contributed by atoms with Gasteiger partial charge in [0.1, 0.15) is 6.29 Å². The number of rotatable bonds is 2. The van der Waals surface area contributed by atoms with Gasteiger partial charge in [-0.15, -0.1) is 0 Å². The molecule has 0 N–H and O–H groups in total. The molecule has 0 aromatic heterocycles. The molecule has 0 amide bonds. The predicted molar refractivity (Wildman–Crippen MR) is 41.8 cm³/mol. The average Bonchev–Trinajstić information content (AvgIpc) is 1.89. The lowest BCUT2D eigenvalue weighted by Crippen LogP contribution is -2.15. The summed E-state index contributed by atoms with van der Waals surface area (Å²) in [6.45, 7) is 2.15. The number of carbonyl (C=O) groups excluding carboxylic acids is 1. The molecule has 1 atom stereocenters. The summed E-state index contributed by atoms with van der Waals surface area (Å²) < 4.78 is 0. The van der Waals surface area contributed by atoms with Gasteiger partial charge >= 0.3 is 0 Å². The molecule has 1 aliphatic rings. The van der Waals surface area contributed by atoms with Gasteiger partial charge in [0, 0.05) is 6.42 Å². The normalized spacial score (nSPS) is 32.1. The van der Waals surface area contributed by atoms with E-state index < -0.39 is 0 Å². The van der Waals surface area contributed by atoms with Gasteiger partial charge in [-0.1, -0.05) is 19.1 Å². The fourth-order valence-electron chi connectivity index (χ4n) is 1.44. The van der Waals surface area contributed by atoms with Gasteiger partial charge in [0.2, 0.25) is 0 Å². The number of hydrogen-bond donors (Lipinski definition) is 0. The SMILES string of the molecule is CC1(CC=O)C=CCCC1. The molecule has 0 heterocycles. The van der Waals surface area contributed by atoms with Crippen LogP contribution in [0.4, 0.5) is 0 Å². The minimum Gasteiger partial charge on any atom is -0.303 e. The Morgan fingerprint density at radius 1 is 1.70 bits per heavy atom. The molecule has 1 heteroatoms. The third kappa shape index (κ3) is 1.69. The fourth-order valence-corrected chi connectivity index (χ4v) is 1.44. The molecule has 1 rings (SSSR count). The molecule has 0 bridgehead atoms. The van der Waals surface area contributed by atoms with Crippen LogP contribution >= 0.6 is 0 Å². The topological polar surface area (TPSA) is 17.1 Å². The number of hydrogen-bond acceptors (Lipinski definition) is 1. The molecule has 0 spiro atoms. The van der Waals surface area contributed by atoms with Gasteiger partial charge in [0.15, 0.2) is 0 Å². The van der Waals surface area contributed by atoms with Crippen LogP contribution < -0.4 is 0 Å². The first-order valence-electron chi connectivity index (χ1n) is 3.88. The van der Waals surface area contributed by atoms with Crippen LogP contribution in [0.25, 0.3) is 0 Å². The second kappa shape index (κ2) is 3.00. The Labute approximate surface area is 62.1 Å². The monoisotopic (exact) mass is 138 g/mol. The van der Waals surface area contributed by atoms with Gasteiger partial charge in [-0.2, -0.15) is 0 Å². The highest BCUT2D eigenvalue weighted by Crippen LogP contribution is 2.32. The van der Waals surface area contributed by atoms with Crippen LogP contribution in [0.1, 0.15) is 32.6 Å². The Bertz CT molecular complexity index is 149. The molecule has 0 radical (unpaired) electrons. The molecule has 1 unspecified atom stereocenters. The summed E-state index contributed by atoms with van der Waals surface area (Å²) in [5.74, 6) is 0. The second-order valence-electron chi connectivity index (χ2n) is 3.32. The molecule has 0 saturated carbocycles. The van der Waals surface area contributed by atoms with Crippen LogP contribution in [-0.2, 0) is 4.79 Å². The van der Waals surface area contributed by atoms with Gasteiger partial charge in [0.05, 0.1) is 0 Å². The summed E-state index contributed by atoms with van der Waals surface area (Å²) in [5.41, 5.74) is 0.181. The van der Waals surface area contributed by atoms with Crippen LogP contribution in [-0.4, -0.2) is 6.29 Å². The van der Waals surface area contributed by atoms with E-state index in [9.17, 15) is 4.79 Å². The van der Waals surface area contributed by atoms with Crippen LogP contribution in [0.15, 0.2) is 12.2 Å². The maximum absolute atomic E-state index is 10.2. The lowest BCUT2D eigenvalue weighted by atomic mass is 9.79. The van der Waals surface area contributed by atoms with E-state index in [1.165, 1.54) is 19.3 Å². The van der Waals surface area contributed by atoms with E-state index in [2.05, 4.69) is 19.1 Å². The molecular weight excluding hydrogens is 124 g/mol. The summed E-state index contributed by atoms with van der Waals surface area (Å²) >= 11 is 0. The Kier molecular flexibility index (Phi) is 2.25. The molecule has 0 aromatic rings. The smallest absolute Gasteiger partial charge is 0.120 e. The lowest BCUT2D eigenvalue weighted by Gasteiger charge is -2.26. The maximum Gasteiger partial charge on any atom is 0.120 e. The van der Waals surface area contributed by atoms with Crippen molar-refractivity contribution in [3.8, 4) is 0 Å². The highest BCUT2D eigenvalue weighted by Gasteiger charge is 2.21. The van der Waals surface area contributed by atoms with Crippen molar-refractivity contribution in [3.63, 3.8) is 0 Å². The first-order valence-corrected chi connectivity index (χ1v) is 3.88. The van der Waals surface area contributed by atoms with Crippen molar-refractivity contribution in [2.24, 2.45) is 5.41 Å². The lowest BCUT2D eigenvalue weighted by molar-refractivity contribution is -0.109. The van der Waals surface area contributed by atoms with E-state index in [0.717, 1.165) is 6.29 Å². The summed E-state index contributed by atoms with van der Waals surface area (Å²) in [5, 5.41) is 0. The van der Waals surface area contributed by atoms with Crippen molar-refractivity contribution >= 4 is 6.29 Å². The van der Waals surface area contributed by atoms with E-state index in [0.29, 0.717) is 6.42 Å². The molecule has 1 nitrogen and oxygen atoms in total. The van der Waals surface area contributed by atoms with Crippen molar-refractivity contribution in [1.29, 1.82) is 0 Å². The van der Waals surface area contributed by atoms with Gasteiger partial charge in [-0.25, -0.2) is 0 Å². The molecule has 0 aliphatic heterocycles. The first kappa shape index (κ1) is 7.52. The summed E-state index contributed by atoms with van der Waals surface area (Å²) in [7, 11) is 0. The maximum atomic E-state index is 10.2. The Hall–Kier alpha value is -0.590. The Morgan fingerprint density at radius 2 is 2.50 bits per heavy atom. The molecule has 10 heavy (non-hydrogen) atoms. The van der Waals surface area contributed by atoms with E-state index in [-0.39, 0.29) is 5.41 Å². The van der Waals surface area contributed by atoms with Gasteiger partial charge in [0.25, 0.3) is 0 Å². The zero-order valence-corrected chi connectivity index (χ0v) is 6.47. The van der Waals surface area contributed by atoms with Gasteiger partial charge in [-0.3, -0.25) is 0 Å². The quantitative estimate of drug-likeness (QED) is 0.423. The molecule has 0 saturated heterocycles. The Morgan fingerprint density at radius 3 is 3.00 bits per heavy atom. The number of aldehydes is 1. The van der Waals surface area contributed by atoms with Crippen LogP contribution in [0.3, 0.4) is 0 Å². The predicted octanol–water partition coefficient (Wildman–Crippen LogP) is 2.32. The molecule has 1 aliphatic carbocycles. The molecular formula is C9H14O. The fraction of sp³-hybridized carbons (Fsp3) is 0.667. The minimum atomic E-state index is 0.181. The van der Waals surface area contributed by atoms with Crippen LogP contribution in [0.2, 0.25) is 0 Å². The highest BCUT2D eigenvalue weighted by molar-refractivity contribution is 5.51. The second-order valence-corrected chi connectivity index (χ2v) is 3.32. The first-order chi connectivity index (χ1) is 4.77. The summed E-state index contributed by atoms with van der Waals surface area (Å²) in [4.78, 5) is 10.2. The van der Waals surface area contributed by atoms with E-state index in [4.69, 9.17) is 0 Å².